The lowest BCUT2D eigenvalue weighted by Gasteiger charge is -2.33. The van der Waals surface area contributed by atoms with E-state index >= 15 is 0 Å². The maximum absolute atomic E-state index is 14.0. The molecule has 7 heteroatoms. The molecule has 1 aliphatic carbocycles. The number of carbonyl (C=O) groups is 3. The Morgan fingerprint density at radius 1 is 1.03 bits per heavy atom. The van der Waals surface area contributed by atoms with Crippen molar-refractivity contribution < 1.29 is 19.1 Å². The number of anilines is 1. The molecule has 1 atom stereocenters. The van der Waals surface area contributed by atoms with Crippen molar-refractivity contribution in [1.82, 2.24) is 5.32 Å². The van der Waals surface area contributed by atoms with Gasteiger partial charge in [0.1, 0.15) is 11.8 Å². The number of rotatable bonds is 10. The van der Waals surface area contributed by atoms with Crippen LogP contribution in [0.1, 0.15) is 72.8 Å². The molecule has 0 unspecified atom stereocenters. The molecular formula is C30H34N2O4S. The number of Topliss-reactive ketones (excluding diaryl/α,β-unsaturated/α-hetero) is 1. The molecule has 0 spiro atoms. The molecule has 1 saturated carbocycles. The number of benzene rings is 2. The number of carbonyl (C=O) groups excluding carboxylic acids is 3. The Morgan fingerprint density at radius 3 is 2.43 bits per heavy atom. The van der Waals surface area contributed by atoms with Crippen LogP contribution in [0.5, 0.6) is 5.75 Å². The molecule has 0 bridgehead atoms. The summed E-state index contributed by atoms with van der Waals surface area (Å²) in [5.74, 6) is 0.175. The number of thiophene rings is 1. The summed E-state index contributed by atoms with van der Waals surface area (Å²) in [6.45, 7) is 3.95. The minimum absolute atomic E-state index is 0.0873. The summed E-state index contributed by atoms with van der Waals surface area (Å²) in [6.07, 6.45) is 5.38. The predicted octanol–water partition coefficient (Wildman–Crippen LogP) is 6.12. The molecule has 1 heterocycles. The Bertz CT molecular complexity index is 1200. The van der Waals surface area contributed by atoms with Gasteiger partial charge >= 0.3 is 0 Å². The van der Waals surface area contributed by atoms with Crippen LogP contribution < -0.4 is 15.0 Å². The molecule has 2 amide bonds. The fourth-order valence-corrected chi connectivity index (χ4v) is 5.51. The van der Waals surface area contributed by atoms with Crippen molar-refractivity contribution in [3.8, 4) is 5.75 Å². The summed E-state index contributed by atoms with van der Waals surface area (Å²) in [5, 5.41) is 5.16. The zero-order valence-electron chi connectivity index (χ0n) is 21.4. The average molecular weight is 519 g/mol. The van der Waals surface area contributed by atoms with Crippen LogP contribution >= 0.6 is 11.3 Å². The van der Waals surface area contributed by atoms with Crippen molar-refractivity contribution in [2.24, 2.45) is 0 Å². The molecule has 194 valence electrons. The molecule has 1 aromatic heterocycles. The van der Waals surface area contributed by atoms with Crippen LogP contribution in [0.3, 0.4) is 0 Å². The zero-order chi connectivity index (χ0) is 26.2. The number of ether oxygens (including phenoxy) is 1. The highest BCUT2D eigenvalue weighted by Crippen LogP contribution is 2.32. The van der Waals surface area contributed by atoms with Crippen molar-refractivity contribution >= 4 is 34.6 Å². The van der Waals surface area contributed by atoms with Crippen molar-refractivity contribution in [3.63, 3.8) is 0 Å². The van der Waals surface area contributed by atoms with Crippen molar-refractivity contribution in [1.29, 1.82) is 0 Å². The number of ketones is 1. The normalized spacial score (nSPS) is 14.5. The number of hydrogen-bond donors (Lipinski definition) is 1. The SMILES string of the molecule is CCOc1ccc([C@@H](C(=O)NC2CCCCC2)N(C(=O)Cc2cccs2)c2cccc(C(C)=O)c2)cc1. The van der Waals surface area contributed by atoms with Crippen LogP contribution in [-0.4, -0.2) is 30.2 Å². The van der Waals surface area contributed by atoms with E-state index in [0.29, 0.717) is 29.2 Å². The van der Waals surface area contributed by atoms with Crippen molar-refractivity contribution in [2.45, 2.75) is 64.5 Å². The first-order chi connectivity index (χ1) is 18.0. The maximum atomic E-state index is 14.0. The van der Waals surface area contributed by atoms with Crippen LogP contribution in [0.2, 0.25) is 0 Å². The number of nitrogens with zero attached hydrogens (tertiary/aromatic N) is 1. The van der Waals surface area contributed by atoms with E-state index in [1.807, 2.05) is 48.7 Å². The number of hydrogen-bond acceptors (Lipinski definition) is 5. The lowest BCUT2D eigenvalue weighted by atomic mass is 9.94. The van der Waals surface area contributed by atoms with Gasteiger partial charge in [-0.05, 0) is 68.0 Å². The second-order valence-corrected chi connectivity index (χ2v) is 10.4. The Kier molecular flexibility index (Phi) is 9.12. The van der Waals surface area contributed by atoms with Gasteiger partial charge in [0.05, 0.1) is 13.0 Å². The molecular weight excluding hydrogens is 484 g/mol. The monoisotopic (exact) mass is 518 g/mol. The standard InChI is InChI=1S/C30H34N2O4S/c1-3-36-26-16-14-22(15-17-26)29(30(35)31-24-10-5-4-6-11-24)32(28(34)20-27-13-8-18-37-27)25-12-7-9-23(19-25)21(2)33/h7-9,12-19,24,29H,3-6,10-11,20H2,1-2H3,(H,31,35)/t29-/m0/s1. The van der Waals surface area contributed by atoms with Gasteiger partial charge in [0.2, 0.25) is 11.8 Å². The molecule has 3 aromatic rings. The molecule has 1 N–H and O–H groups in total. The summed E-state index contributed by atoms with van der Waals surface area (Å²) >= 11 is 1.51. The first kappa shape index (κ1) is 26.6. The summed E-state index contributed by atoms with van der Waals surface area (Å²) in [4.78, 5) is 42.5. The Hall–Kier alpha value is -3.45. The van der Waals surface area contributed by atoms with Crippen LogP contribution in [0.25, 0.3) is 0 Å². The third kappa shape index (κ3) is 6.86. The second kappa shape index (κ2) is 12.7. The fraction of sp³-hybridized carbons (Fsp3) is 0.367. The van der Waals surface area contributed by atoms with E-state index in [1.165, 1.54) is 24.7 Å². The molecule has 0 saturated heterocycles. The first-order valence-corrected chi connectivity index (χ1v) is 13.8. The van der Waals surface area contributed by atoms with Crippen LogP contribution in [-0.2, 0) is 16.0 Å². The Labute approximate surface area is 222 Å². The van der Waals surface area contributed by atoms with Gasteiger partial charge in [0.25, 0.3) is 0 Å². The quantitative estimate of drug-likeness (QED) is 0.328. The zero-order valence-corrected chi connectivity index (χ0v) is 22.3. The molecule has 2 aromatic carbocycles. The van der Waals surface area contributed by atoms with Gasteiger partial charge in [-0.25, -0.2) is 0 Å². The van der Waals surface area contributed by atoms with E-state index in [4.69, 9.17) is 4.74 Å². The highest BCUT2D eigenvalue weighted by Gasteiger charge is 2.34. The largest absolute Gasteiger partial charge is 0.494 e. The highest BCUT2D eigenvalue weighted by atomic mass is 32.1. The van der Waals surface area contributed by atoms with E-state index in [-0.39, 0.29) is 30.1 Å². The van der Waals surface area contributed by atoms with E-state index in [2.05, 4.69) is 5.32 Å². The van der Waals surface area contributed by atoms with E-state index in [1.54, 1.807) is 29.2 Å². The van der Waals surface area contributed by atoms with Gasteiger partial charge in [-0.3, -0.25) is 19.3 Å². The minimum atomic E-state index is -0.896. The fourth-order valence-electron chi connectivity index (χ4n) is 4.82. The van der Waals surface area contributed by atoms with E-state index < -0.39 is 6.04 Å². The van der Waals surface area contributed by atoms with E-state index in [0.717, 1.165) is 30.6 Å². The van der Waals surface area contributed by atoms with Gasteiger partial charge in [-0.15, -0.1) is 11.3 Å². The highest BCUT2D eigenvalue weighted by molar-refractivity contribution is 7.10. The lowest BCUT2D eigenvalue weighted by Crippen LogP contribution is -2.47. The summed E-state index contributed by atoms with van der Waals surface area (Å²) in [5.41, 5.74) is 1.70. The number of amides is 2. The van der Waals surface area contributed by atoms with Gasteiger partial charge in [-0.2, -0.15) is 0 Å². The Balaban J connectivity index is 1.77. The molecule has 1 fully saturated rings. The number of nitrogens with one attached hydrogen (secondary N) is 1. The average Bonchev–Trinajstić information content (AvgIpc) is 3.41. The maximum Gasteiger partial charge on any atom is 0.248 e. The summed E-state index contributed by atoms with van der Waals surface area (Å²) in [6, 6.07) is 17.3. The van der Waals surface area contributed by atoms with Gasteiger partial charge in [-0.1, -0.05) is 49.6 Å². The third-order valence-electron chi connectivity index (χ3n) is 6.67. The van der Waals surface area contributed by atoms with Crippen LogP contribution in [0.15, 0.2) is 66.0 Å². The summed E-state index contributed by atoms with van der Waals surface area (Å²) in [7, 11) is 0. The minimum Gasteiger partial charge on any atom is -0.494 e. The topological polar surface area (TPSA) is 75.7 Å². The molecule has 37 heavy (non-hydrogen) atoms. The third-order valence-corrected chi connectivity index (χ3v) is 7.55. The van der Waals surface area contributed by atoms with Crippen molar-refractivity contribution in [2.75, 3.05) is 11.5 Å². The van der Waals surface area contributed by atoms with Crippen LogP contribution in [0, 0.1) is 0 Å². The van der Waals surface area contributed by atoms with Gasteiger partial charge in [0, 0.05) is 22.2 Å². The molecule has 0 radical (unpaired) electrons. The molecule has 6 nitrogen and oxygen atoms in total. The predicted molar refractivity (Wildman–Crippen MR) is 147 cm³/mol. The van der Waals surface area contributed by atoms with Gasteiger partial charge in [0.15, 0.2) is 5.78 Å². The molecule has 0 aliphatic heterocycles. The van der Waals surface area contributed by atoms with E-state index in [9.17, 15) is 14.4 Å². The second-order valence-electron chi connectivity index (χ2n) is 9.37. The van der Waals surface area contributed by atoms with Crippen LogP contribution in [0.4, 0.5) is 5.69 Å². The van der Waals surface area contributed by atoms with Gasteiger partial charge < -0.3 is 10.1 Å². The van der Waals surface area contributed by atoms with Crippen molar-refractivity contribution in [3.05, 3.63) is 82.0 Å². The Morgan fingerprint density at radius 2 is 1.78 bits per heavy atom. The molecule has 4 rings (SSSR count). The lowest BCUT2D eigenvalue weighted by molar-refractivity contribution is -0.127. The molecule has 1 aliphatic rings. The first-order valence-electron chi connectivity index (χ1n) is 12.9. The summed E-state index contributed by atoms with van der Waals surface area (Å²) < 4.78 is 5.61. The smallest absolute Gasteiger partial charge is 0.248 e.